The molecule has 3 heterocycles. The summed E-state index contributed by atoms with van der Waals surface area (Å²) in [5.41, 5.74) is 6.42. The van der Waals surface area contributed by atoms with Gasteiger partial charge in [-0.1, -0.05) is 0 Å². The van der Waals surface area contributed by atoms with Gasteiger partial charge in [-0.15, -0.1) is 0 Å². The maximum absolute atomic E-state index is 13.0. The molecule has 1 aromatic carbocycles. The fraction of sp³-hybridized carbons (Fsp3) is 0.318. The molecule has 0 bridgehead atoms. The van der Waals surface area contributed by atoms with Crippen LogP contribution in [0.1, 0.15) is 28.5 Å². The zero-order valence-electron chi connectivity index (χ0n) is 16.6. The van der Waals surface area contributed by atoms with Gasteiger partial charge in [-0.05, 0) is 50.1 Å². The Morgan fingerprint density at radius 3 is 2.61 bits per heavy atom. The van der Waals surface area contributed by atoms with E-state index in [2.05, 4.69) is 9.55 Å². The fourth-order valence-electron chi connectivity index (χ4n) is 4.09. The number of aromatic amines is 1. The number of H-pyrrole nitrogens is 1. The van der Waals surface area contributed by atoms with Gasteiger partial charge in [0.1, 0.15) is 0 Å². The number of carbonyl (C=O) groups excluding carboxylic acids is 1. The number of aryl methyl sites for hydroxylation is 1. The van der Waals surface area contributed by atoms with Gasteiger partial charge in [0.2, 0.25) is 0 Å². The minimum absolute atomic E-state index is 0.313. The molecular weight excluding hydrogens is 356 g/mol. The average Bonchev–Trinajstić information content (AvgIpc) is 3.33. The molecule has 1 N–H and O–H groups in total. The number of aromatic nitrogens is 2. The lowest BCUT2D eigenvalue weighted by Gasteiger charge is -2.23. The first-order valence-electron chi connectivity index (χ1n) is 9.39. The number of carbonyl (C=O) groups is 1. The predicted molar refractivity (Wildman–Crippen MR) is 107 cm³/mol. The summed E-state index contributed by atoms with van der Waals surface area (Å²) < 4.78 is 18.6. The van der Waals surface area contributed by atoms with Crippen LogP contribution in [0.25, 0.3) is 22.5 Å². The molecule has 0 radical (unpaired) electrons. The number of benzene rings is 1. The van der Waals surface area contributed by atoms with Crippen molar-refractivity contribution in [1.82, 2.24) is 9.55 Å². The number of fused-ring (bicyclic) bond motifs is 3. The minimum atomic E-state index is -0.313. The van der Waals surface area contributed by atoms with Gasteiger partial charge in [0, 0.05) is 35.3 Å². The lowest BCUT2D eigenvalue weighted by atomic mass is 9.94. The lowest BCUT2D eigenvalue weighted by Crippen LogP contribution is -2.15. The number of rotatable bonds is 5. The second-order valence-electron chi connectivity index (χ2n) is 6.75. The molecule has 2 aromatic heterocycles. The van der Waals surface area contributed by atoms with Crippen LogP contribution in [0.2, 0.25) is 0 Å². The zero-order valence-corrected chi connectivity index (χ0v) is 16.6. The van der Waals surface area contributed by atoms with Crippen molar-refractivity contribution in [3.8, 4) is 34.0 Å². The molecular formula is C22H24N2O4. The number of nitrogens with zero attached hydrogens (tertiary/aromatic N) is 1. The highest BCUT2D eigenvalue weighted by Gasteiger charge is 2.32. The molecule has 0 fully saturated rings. The van der Waals surface area contributed by atoms with E-state index in [0.29, 0.717) is 23.7 Å². The van der Waals surface area contributed by atoms with Crippen LogP contribution >= 0.6 is 0 Å². The molecule has 0 spiro atoms. The van der Waals surface area contributed by atoms with Crippen molar-refractivity contribution in [2.24, 2.45) is 0 Å². The summed E-state index contributed by atoms with van der Waals surface area (Å²) in [6, 6.07) is 7.87. The molecule has 0 saturated heterocycles. The smallest absolute Gasteiger partial charge is 0.341 e. The maximum Gasteiger partial charge on any atom is 0.341 e. The summed E-state index contributed by atoms with van der Waals surface area (Å²) in [5, 5.41) is 0. The molecule has 0 saturated carbocycles. The third-order valence-corrected chi connectivity index (χ3v) is 5.34. The van der Waals surface area contributed by atoms with E-state index >= 15 is 0 Å². The third-order valence-electron chi connectivity index (χ3n) is 5.34. The van der Waals surface area contributed by atoms with Crippen molar-refractivity contribution in [2.75, 3.05) is 20.8 Å². The van der Waals surface area contributed by atoms with Gasteiger partial charge in [0.15, 0.2) is 11.5 Å². The number of hydrogen-bond donors (Lipinski definition) is 1. The van der Waals surface area contributed by atoms with Crippen molar-refractivity contribution in [3.05, 3.63) is 47.3 Å². The minimum Gasteiger partial charge on any atom is -0.493 e. The summed E-state index contributed by atoms with van der Waals surface area (Å²) >= 11 is 0. The molecule has 0 amide bonds. The van der Waals surface area contributed by atoms with Crippen LogP contribution in [-0.4, -0.2) is 36.3 Å². The first-order chi connectivity index (χ1) is 13.6. The molecule has 146 valence electrons. The van der Waals surface area contributed by atoms with E-state index in [-0.39, 0.29) is 5.97 Å². The number of esters is 1. The molecule has 28 heavy (non-hydrogen) atoms. The second-order valence-corrected chi connectivity index (χ2v) is 6.75. The monoisotopic (exact) mass is 380 g/mol. The largest absolute Gasteiger partial charge is 0.493 e. The Hall–Kier alpha value is -3.15. The Kier molecular flexibility index (Phi) is 4.63. The summed E-state index contributed by atoms with van der Waals surface area (Å²) in [6.45, 7) is 4.99. The van der Waals surface area contributed by atoms with Crippen LogP contribution < -0.4 is 9.47 Å². The Bertz CT molecular complexity index is 1030. The van der Waals surface area contributed by atoms with Crippen LogP contribution in [0.15, 0.2) is 30.5 Å². The van der Waals surface area contributed by atoms with E-state index in [1.165, 1.54) is 0 Å². The first-order valence-corrected chi connectivity index (χ1v) is 9.39. The topological polar surface area (TPSA) is 65.5 Å². The lowest BCUT2D eigenvalue weighted by molar-refractivity contribution is 0.0528. The predicted octanol–water partition coefficient (Wildman–Crippen LogP) is 4.21. The number of ether oxygens (including phenoxy) is 3. The Labute approximate surface area is 164 Å². The highest BCUT2D eigenvalue weighted by molar-refractivity contribution is 6.05. The van der Waals surface area contributed by atoms with E-state index < -0.39 is 0 Å². The van der Waals surface area contributed by atoms with Gasteiger partial charge >= 0.3 is 5.97 Å². The molecule has 6 heteroatoms. The number of hydrogen-bond acceptors (Lipinski definition) is 4. The quantitative estimate of drug-likeness (QED) is 0.674. The maximum atomic E-state index is 13.0. The van der Waals surface area contributed by atoms with Crippen molar-refractivity contribution in [1.29, 1.82) is 0 Å². The molecule has 3 aromatic rings. The van der Waals surface area contributed by atoms with Gasteiger partial charge in [0.05, 0.1) is 32.1 Å². The standard InChI is InChI=1S/C22H24N2O4/c1-5-28-22(25)20-19(16-7-6-9-23-16)13(2)24-10-8-14-11-17(26-3)18(27-4)12-15(14)21(20)24/h6-7,9,11-12,23H,5,8,10H2,1-4H3. The first kappa shape index (κ1) is 18.2. The Balaban J connectivity index is 2.03. The van der Waals surface area contributed by atoms with Crippen LogP contribution in [0.3, 0.4) is 0 Å². The summed E-state index contributed by atoms with van der Waals surface area (Å²) in [6.07, 6.45) is 2.72. The van der Waals surface area contributed by atoms with Gasteiger partial charge in [-0.3, -0.25) is 0 Å². The highest BCUT2D eigenvalue weighted by Crippen LogP contribution is 2.45. The van der Waals surface area contributed by atoms with E-state index in [1.807, 2.05) is 44.3 Å². The summed E-state index contributed by atoms with van der Waals surface area (Å²) in [4.78, 5) is 16.3. The SMILES string of the molecule is CCOC(=O)c1c(-c2ccc[nH]2)c(C)n2c1-c1cc(OC)c(OC)cc1CC2. The van der Waals surface area contributed by atoms with Gasteiger partial charge in [-0.2, -0.15) is 0 Å². The molecule has 4 rings (SSSR count). The summed E-state index contributed by atoms with van der Waals surface area (Å²) in [5.74, 6) is 1.02. The van der Waals surface area contributed by atoms with Crippen molar-refractivity contribution < 1.29 is 19.0 Å². The van der Waals surface area contributed by atoms with E-state index in [9.17, 15) is 4.79 Å². The normalized spacial score (nSPS) is 12.3. The molecule has 6 nitrogen and oxygen atoms in total. The Morgan fingerprint density at radius 1 is 1.21 bits per heavy atom. The molecule has 1 aliphatic rings. The van der Waals surface area contributed by atoms with Crippen LogP contribution in [0, 0.1) is 6.92 Å². The van der Waals surface area contributed by atoms with E-state index in [4.69, 9.17) is 14.2 Å². The number of methoxy groups -OCH3 is 2. The van der Waals surface area contributed by atoms with Crippen molar-refractivity contribution in [3.63, 3.8) is 0 Å². The van der Waals surface area contributed by atoms with Gasteiger partial charge in [-0.25, -0.2) is 4.79 Å². The fourth-order valence-corrected chi connectivity index (χ4v) is 4.09. The zero-order chi connectivity index (χ0) is 19.8. The molecule has 0 unspecified atom stereocenters. The molecule has 1 aliphatic heterocycles. The molecule has 0 aliphatic carbocycles. The van der Waals surface area contributed by atoms with Gasteiger partial charge in [0.25, 0.3) is 0 Å². The van der Waals surface area contributed by atoms with Crippen molar-refractivity contribution in [2.45, 2.75) is 26.8 Å². The summed E-state index contributed by atoms with van der Waals surface area (Å²) in [7, 11) is 3.25. The second kappa shape index (κ2) is 7.11. The third kappa shape index (κ3) is 2.68. The van der Waals surface area contributed by atoms with Gasteiger partial charge < -0.3 is 23.8 Å². The molecule has 0 atom stereocenters. The highest BCUT2D eigenvalue weighted by atomic mass is 16.5. The van der Waals surface area contributed by atoms with Crippen LogP contribution in [0.4, 0.5) is 0 Å². The number of nitrogens with one attached hydrogen (secondary N) is 1. The Morgan fingerprint density at radius 2 is 1.96 bits per heavy atom. The van der Waals surface area contributed by atoms with Crippen LogP contribution in [-0.2, 0) is 17.7 Å². The van der Waals surface area contributed by atoms with E-state index in [0.717, 1.165) is 46.7 Å². The average molecular weight is 380 g/mol. The van der Waals surface area contributed by atoms with Crippen LogP contribution in [0.5, 0.6) is 11.5 Å². The van der Waals surface area contributed by atoms with Crippen molar-refractivity contribution >= 4 is 5.97 Å². The van der Waals surface area contributed by atoms with E-state index in [1.54, 1.807) is 14.2 Å².